The van der Waals surface area contributed by atoms with Gasteiger partial charge in [0.1, 0.15) is 0 Å². The molecule has 1 aromatic carbocycles. The van der Waals surface area contributed by atoms with Crippen LogP contribution in [-0.4, -0.2) is 12.6 Å². The highest BCUT2D eigenvalue weighted by molar-refractivity contribution is 7.11. The van der Waals surface area contributed by atoms with Crippen molar-refractivity contribution in [1.29, 1.82) is 0 Å². The van der Waals surface area contributed by atoms with E-state index in [4.69, 9.17) is 4.74 Å². The van der Waals surface area contributed by atoms with Gasteiger partial charge in [-0.05, 0) is 47.9 Å². The minimum atomic E-state index is -0.265. The first kappa shape index (κ1) is 13.1. The Hall–Kier alpha value is -1.87. The molecule has 0 fully saturated rings. The second-order valence-corrected chi connectivity index (χ2v) is 5.66. The molecule has 0 amide bonds. The monoisotopic (exact) mass is 284 g/mol. The van der Waals surface area contributed by atoms with Crippen LogP contribution >= 0.6 is 11.3 Å². The molecule has 0 aliphatic heterocycles. The van der Waals surface area contributed by atoms with Gasteiger partial charge in [-0.25, -0.2) is 4.79 Å². The molecule has 0 atom stereocenters. The molecule has 1 aromatic heterocycles. The molecular formula is C17H16O2S. The number of aryl methyl sites for hydroxylation is 2. The maximum absolute atomic E-state index is 11.9. The molecular weight excluding hydrogens is 268 g/mol. The molecule has 0 saturated heterocycles. The smallest absolute Gasteiger partial charge is 0.331 e. The quantitative estimate of drug-likeness (QED) is 0.618. The zero-order valence-electron chi connectivity index (χ0n) is 11.4. The van der Waals surface area contributed by atoms with Crippen LogP contribution in [0, 0.1) is 0 Å². The minimum Gasteiger partial charge on any atom is -0.463 e. The van der Waals surface area contributed by atoms with Gasteiger partial charge in [0.25, 0.3) is 0 Å². The Morgan fingerprint density at radius 3 is 2.90 bits per heavy atom. The Morgan fingerprint density at radius 1 is 1.25 bits per heavy atom. The number of thiophene rings is 1. The molecule has 1 aliphatic carbocycles. The highest BCUT2D eigenvalue weighted by Crippen LogP contribution is 2.36. The van der Waals surface area contributed by atoms with Crippen LogP contribution in [0.4, 0.5) is 0 Å². The minimum absolute atomic E-state index is 0.265. The highest BCUT2D eigenvalue weighted by atomic mass is 32.1. The first-order valence-electron chi connectivity index (χ1n) is 6.83. The molecule has 102 valence electrons. The van der Waals surface area contributed by atoms with Gasteiger partial charge in [-0.2, -0.15) is 0 Å². The van der Waals surface area contributed by atoms with Crippen LogP contribution in [0.2, 0.25) is 0 Å². The second-order valence-electron chi connectivity index (χ2n) is 4.74. The van der Waals surface area contributed by atoms with Crippen LogP contribution in [0.15, 0.2) is 41.8 Å². The van der Waals surface area contributed by atoms with E-state index >= 15 is 0 Å². The number of hydrogen-bond acceptors (Lipinski definition) is 3. The van der Waals surface area contributed by atoms with Crippen molar-refractivity contribution in [1.82, 2.24) is 0 Å². The van der Waals surface area contributed by atoms with Gasteiger partial charge in [0, 0.05) is 16.5 Å². The summed E-state index contributed by atoms with van der Waals surface area (Å²) in [5, 5.41) is 2.09. The number of esters is 1. The lowest BCUT2D eigenvalue weighted by molar-refractivity contribution is -0.137. The molecule has 2 nitrogen and oxygen atoms in total. The number of carbonyl (C=O) groups is 1. The average molecular weight is 284 g/mol. The molecule has 3 heteroatoms. The third kappa shape index (κ3) is 2.41. The molecule has 2 aromatic rings. The van der Waals surface area contributed by atoms with Crippen molar-refractivity contribution in [3.63, 3.8) is 0 Å². The van der Waals surface area contributed by atoms with Crippen molar-refractivity contribution in [2.24, 2.45) is 0 Å². The molecule has 1 aliphatic rings. The van der Waals surface area contributed by atoms with Gasteiger partial charge >= 0.3 is 5.97 Å². The summed E-state index contributed by atoms with van der Waals surface area (Å²) in [4.78, 5) is 13.1. The zero-order chi connectivity index (χ0) is 13.9. The average Bonchev–Trinajstić information content (AvgIpc) is 2.86. The standard InChI is InChI=1S/C17H16O2S/c1-2-19-16(18)11-15-14-6-4-3-5-12(14)7-8-13-9-10-20-17(13)15/h3-6,9-11H,2,7-8H2,1H3/b15-11+. The van der Waals surface area contributed by atoms with Gasteiger partial charge in [0.2, 0.25) is 0 Å². The lowest BCUT2D eigenvalue weighted by Gasteiger charge is -2.09. The van der Waals surface area contributed by atoms with E-state index in [1.807, 2.05) is 13.0 Å². The van der Waals surface area contributed by atoms with Crippen LogP contribution in [0.3, 0.4) is 0 Å². The van der Waals surface area contributed by atoms with Crippen molar-refractivity contribution in [2.75, 3.05) is 6.61 Å². The van der Waals surface area contributed by atoms with Crippen molar-refractivity contribution >= 4 is 22.9 Å². The summed E-state index contributed by atoms with van der Waals surface area (Å²) < 4.78 is 5.08. The Balaban J connectivity index is 2.15. The summed E-state index contributed by atoms with van der Waals surface area (Å²) in [6.07, 6.45) is 3.68. The zero-order valence-corrected chi connectivity index (χ0v) is 12.2. The fourth-order valence-corrected chi connectivity index (χ4v) is 3.59. The van der Waals surface area contributed by atoms with E-state index in [1.54, 1.807) is 17.4 Å². The molecule has 1 heterocycles. The summed E-state index contributed by atoms with van der Waals surface area (Å²) in [7, 11) is 0. The number of fused-ring (bicyclic) bond motifs is 2. The van der Waals surface area contributed by atoms with Gasteiger partial charge in [-0.3, -0.25) is 0 Å². The van der Waals surface area contributed by atoms with E-state index in [-0.39, 0.29) is 5.97 Å². The van der Waals surface area contributed by atoms with E-state index in [1.165, 1.54) is 16.0 Å². The third-order valence-corrected chi connectivity index (χ3v) is 4.50. The third-order valence-electron chi connectivity index (χ3n) is 3.51. The fourth-order valence-electron chi connectivity index (χ4n) is 2.61. The number of rotatable bonds is 2. The lowest BCUT2D eigenvalue weighted by Crippen LogP contribution is -2.02. The Bertz CT molecular complexity index is 667. The van der Waals surface area contributed by atoms with Crippen LogP contribution in [0.25, 0.3) is 5.57 Å². The molecule has 0 unspecified atom stereocenters. The van der Waals surface area contributed by atoms with Gasteiger partial charge < -0.3 is 4.74 Å². The first-order chi connectivity index (χ1) is 9.79. The van der Waals surface area contributed by atoms with E-state index in [0.29, 0.717) is 6.61 Å². The molecule has 0 saturated carbocycles. The van der Waals surface area contributed by atoms with Gasteiger partial charge in [-0.15, -0.1) is 11.3 Å². The van der Waals surface area contributed by atoms with Crippen molar-refractivity contribution in [3.05, 3.63) is 63.4 Å². The molecule has 0 spiro atoms. The molecule has 0 bridgehead atoms. The number of carbonyl (C=O) groups excluding carboxylic acids is 1. The summed E-state index contributed by atoms with van der Waals surface area (Å²) in [5.74, 6) is -0.265. The largest absolute Gasteiger partial charge is 0.463 e. The van der Waals surface area contributed by atoms with Crippen molar-refractivity contribution < 1.29 is 9.53 Å². The number of ether oxygens (including phenoxy) is 1. The van der Waals surface area contributed by atoms with Crippen LogP contribution in [-0.2, 0) is 22.4 Å². The van der Waals surface area contributed by atoms with Crippen molar-refractivity contribution in [3.8, 4) is 0 Å². The van der Waals surface area contributed by atoms with Gasteiger partial charge in [-0.1, -0.05) is 24.3 Å². The number of benzene rings is 1. The maximum atomic E-state index is 11.9. The molecule has 0 N–H and O–H groups in total. The van der Waals surface area contributed by atoms with Gasteiger partial charge in [0.05, 0.1) is 6.61 Å². The predicted molar refractivity (Wildman–Crippen MR) is 81.9 cm³/mol. The van der Waals surface area contributed by atoms with Crippen LogP contribution in [0.1, 0.15) is 28.5 Å². The predicted octanol–water partition coefficient (Wildman–Crippen LogP) is 3.84. The summed E-state index contributed by atoms with van der Waals surface area (Å²) >= 11 is 1.69. The molecule has 0 radical (unpaired) electrons. The summed E-state index contributed by atoms with van der Waals surface area (Å²) in [6.45, 7) is 2.23. The summed E-state index contributed by atoms with van der Waals surface area (Å²) in [6, 6.07) is 10.5. The van der Waals surface area contributed by atoms with E-state index in [9.17, 15) is 4.79 Å². The highest BCUT2D eigenvalue weighted by Gasteiger charge is 2.20. The Kier molecular flexibility index (Phi) is 3.70. The normalized spacial score (nSPS) is 15.3. The number of hydrogen-bond donors (Lipinski definition) is 0. The Labute approximate surface area is 122 Å². The van der Waals surface area contributed by atoms with Crippen LogP contribution < -0.4 is 0 Å². The second kappa shape index (κ2) is 5.63. The molecule has 3 rings (SSSR count). The fraction of sp³-hybridized carbons (Fsp3) is 0.235. The van der Waals surface area contributed by atoms with Gasteiger partial charge in [0.15, 0.2) is 0 Å². The maximum Gasteiger partial charge on any atom is 0.331 e. The topological polar surface area (TPSA) is 26.3 Å². The summed E-state index contributed by atoms with van der Waals surface area (Å²) in [5.41, 5.74) is 4.77. The van der Waals surface area contributed by atoms with Crippen molar-refractivity contribution in [2.45, 2.75) is 19.8 Å². The van der Waals surface area contributed by atoms with E-state index in [2.05, 4.69) is 29.6 Å². The molecule has 20 heavy (non-hydrogen) atoms. The van der Waals surface area contributed by atoms with E-state index < -0.39 is 0 Å². The SMILES string of the molecule is CCOC(=O)/C=C1\c2ccccc2CCc2ccsc21. The first-order valence-corrected chi connectivity index (χ1v) is 7.71. The van der Waals surface area contributed by atoms with E-state index in [0.717, 1.165) is 24.0 Å². The lowest BCUT2D eigenvalue weighted by atomic mass is 9.99. The van der Waals surface area contributed by atoms with Crippen LogP contribution in [0.5, 0.6) is 0 Å². The Morgan fingerprint density at radius 2 is 2.05 bits per heavy atom.